The number of aryl methyl sites for hydroxylation is 1. The molecule has 2 aromatic rings. The van der Waals surface area contributed by atoms with E-state index in [4.69, 9.17) is 9.47 Å². The van der Waals surface area contributed by atoms with Gasteiger partial charge in [0.2, 0.25) is 5.91 Å². The second-order valence-electron chi connectivity index (χ2n) is 7.46. The van der Waals surface area contributed by atoms with Gasteiger partial charge in [-0.2, -0.15) is 0 Å². The summed E-state index contributed by atoms with van der Waals surface area (Å²) in [6.45, 7) is 7.44. The number of nitrogens with one attached hydrogen (secondary N) is 1. The lowest BCUT2D eigenvalue weighted by atomic mass is 10.1. The van der Waals surface area contributed by atoms with Crippen LogP contribution in [0.25, 0.3) is 0 Å². The molecule has 30 heavy (non-hydrogen) atoms. The first-order chi connectivity index (χ1) is 14.1. The maximum Gasteiger partial charge on any atom is 0.264 e. The van der Waals surface area contributed by atoms with E-state index in [-0.39, 0.29) is 29.3 Å². The molecule has 7 nitrogen and oxygen atoms in total. The van der Waals surface area contributed by atoms with Crippen molar-refractivity contribution in [2.45, 2.75) is 38.6 Å². The van der Waals surface area contributed by atoms with Crippen LogP contribution < -0.4 is 19.1 Å². The minimum absolute atomic E-state index is 0.00503. The summed E-state index contributed by atoms with van der Waals surface area (Å²) in [5.74, 6) is 0.562. The van der Waals surface area contributed by atoms with Crippen molar-refractivity contribution in [2.75, 3.05) is 25.1 Å². The lowest BCUT2D eigenvalue weighted by molar-refractivity contribution is -0.120. The largest absolute Gasteiger partial charge is 0.493 e. The Labute approximate surface area is 179 Å². The average Bonchev–Trinajstić information content (AvgIpc) is 2.71. The maximum absolute atomic E-state index is 13.5. The number of carbonyl (C=O) groups is 1. The Kier molecular flexibility index (Phi) is 7.72. The molecule has 0 heterocycles. The molecule has 0 fully saturated rings. The number of amides is 1. The van der Waals surface area contributed by atoms with Gasteiger partial charge in [0.15, 0.2) is 11.5 Å². The number of methoxy groups -OCH3 is 2. The van der Waals surface area contributed by atoms with Crippen molar-refractivity contribution >= 4 is 21.6 Å². The molecule has 0 unspecified atom stereocenters. The molecule has 0 aliphatic heterocycles. The van der Waals surface area contributed by atoms with Crippen molar-refractivity contribution < 1.29 is 22.7 Å². The summed E-state index contributed by atoms with van der Waals surface area (Å²) < 4.78 is 38.5. The number of carbonyl (C=O) groups excluding carboxylic acids is 1. The number of hydrogen-bond acceptors (Lipinski definition) is 5. The van der Waals surface area contributed by atoms with Crippen LogP contribution >= 0.6 is 0 Å². The summed E-state index contributed by atoms with van der Waals surface area (Å²) in [6.07, 6.45) is 0. The first-order valence-electron chi connectivity index (χ1n) is 9.71. The van der Waals surface area contributed by atoms with E-state index in [0.717, 1.165) is 9.87 Å². The van der Waals surface area contributed by atoms with Crippen LogP contribution in [-0.2, 0) is 14.8 Å². The van der Waals surface area contributed by atoms with Gasteiger partial charge in [0.1, 0.15) is 6.54 Å². The molecule has 8 heteroatoms. The highest BCUT2D eigenvalue weighted by atomic mass is 32.2. The normalized spacial score (nSPS) is 12.4. The highest BCUT2D eigenvalue weighted by Gasteiger charge is 2.29. The molecule has 0 spiro atoms. The minimum atomic E-state index is -4.04. The number of sulfonamides is 1. The van der Waals surface area contributed by atoms with Gasteiger partial charge in [-0.1, -0.05) is 31.5 Å². The van der Waals surface area contributed by atoms with E-state index in [0.29, 0.717) is 17.2 Å². The summed E-state index contributed by atoms with van der Waals surface area (Å²) >= 11 is 0. The number of hydrogen-bond donors (Lipinski definition) is 1. The first kappa shape index (κ1) is 23.5. The molecule has 1 atom stereocenters. The van der Waals surface area contributed by atoms with E-state index >= 15 is 0 Å². The second kappa shape index (κ2) is 9.84. The van der Waals surface area contributed by atoms with E-state index in [1.807, 2.05) is 27.7 Å². The quantitative estimate of drug-likeness (QED) is 0.654. The Morgan fingerprint density at radius 3 is 2.13 bits per heavy atom. The Morgan fingerprint density at radius 1 is 1.00 bits per heavy atom. The topological polar surface area (TPSA) is 84.9 Å². The van der Waals surface area contributed by atoms with Gasteiger partial charge in [0.05, 0.1) is 24.8 Å². The van der Waals surface area contributed by atoms with Crippen LogP contribution in [0.3, 0.4) is 0 Å². The van der Waals surface area contributed by atoms with Crippen LogP contribution in [-0.4, -0.2) is 41.1 Å². The fraction of sp³-hybridized carbons (Fsp3) is 0.409. The highest BCUT2D eigenvalue weighted by Crippen LogP contribution is 2.32. The second-order valence-corrected chi connectivity index (χ2v) is 9.33. The molecule has 1 amide bonds. The van der Waals surface area contributed by atoms with Crippen molar-refractivity contribution in [1.82, 2.24) is 5.32 Å². The lowest BCUT2D eigenvalue weighted by Crippen LogP contribution is -2.45. The van der Waals surface area contributed by atoms with Gasteiger partial charge in [-0.15, -0.1) is 0 Å². The van der Waals surface area contributed by atoms with Crippen LogP contribution in [0, 0.1) is 12.8 Å². The van der Waals surface area contributed by atoms with Crippen molar-refractivity contribution in [3.63, 3.8) is 0 Å². The number of nitrogens with zero attached hydrogens (tertiary/aromatic N) is 1. The molecule has 2 aromatic carbocycles. The molecular weight excluding hydrogens is 404 g/mol. The molecule has 0 aliphatic carbocycles. The third kappa shape index (κ3) is 5.44. The van der Waals surface area contributed by atoms with Crippen LogP contribution in [0.2, 0.25) is 0 Å². The van der Waals surface area contributed by atoms with Crippen molar-refractivity contribution in [3.05, 3.63) is 48.0 Å². The molecule has 164 valence electrons. The van der Waals surface area contributed by atoms with Gasteiger partial charge >= 0.3 is 0 Å². The molecular formula is C22H30N2O5S. The maximum atomic E-state index is 13.5. The predicted octanol–water partition coefficient (Wildman–Crippen LogP) is 3.37. The van der Waals surface area contributed by atoms with Crippen LogP contribution in [0.1, 0.15) is 26.3 Å². The Bertz CT molecular complexity index is 972. The number of anilines is 1. The molecule has 0 bridgehead atoms. The summed E-state index contributed by atoms with van der Waals surface area (Å²) in [5.41, 5.74) is 1.39. The van der Waals surface area contributed by atoms with Gasteiger partial charge in [-0.3, -0.25) is 9.10 Å². The van der Waals surface area contributed by atoms with Crippen LogP contribution in [0.5, 0.6) is 11.5 Å². The van der Waals surface area contributed by atoms with Crippen molar-refractivity contribution in [1.29, 1.82) is 0 Å². The van der Waals surface area contributed by atoms with E-state index in [1.165, 1.54) is 32.4 Å². The zero-order valence-electron chi connectivity index (χ0n) is 18.3. The monoisotopic (exact) mass is 434 g/mol. The van der Waals surface area contributed by atoms with Gasteiger partial charge in [-0.25, -0.2) is 8.42 Å². The number of rotatable bonds is 9. The molecule has 0 saturated heterocycles. The van der Waals surface area contributed by atoms with Gasteiger partial charge in [0, 0.05) is 12.1 Å². The van der Waals surface area contributed by atoms with Gasteiger partial charge in [0.25, 0.3) is 10.0 Å². The summed E-state index contributed by atoms with van der Waals surface area (Å²) in [5, 5.41) is 2.87. The number of benzene rings is 2. The van der Waals surface area contributed by atoms with E-state index < -0.39 is 10.0 Å². The Morgan fingerprint density at radius 2 is 1.60 bits per heavy atom. The molecule has 1 N–H and O–H groups in total. The van der Waals surface area contributed by atoms with Crippen LogP contribution in [0.4, 0.5) is 5.69 Å². The Hall–Kier alpha value is -2.74. The molecule has 2 rings (SSSR count). The van der Waals surface area contributed by atoms with Crippen molar-refractivity contribution in [3.8, 4) is 11.5 Å². The highest BCUT2D eigenvalue weighted by molar-refractivity contribution is 7.92. The third-order valence-corrected chi connectivity index (χ3v) is 6.71. The zero-order chi connectivity index (χ0) is 22.5. The fourth-order valence-corrected chi connectivity index (χ4v) is 4.16. The minimum Gasteiger partial charge on any atom is -0.493 e. The van der Waals surface area contributed by atoms with Gasteiger partial charge in [-0.05, 0) is 44.0 Å². The molecule has 0 aliphatic rings. The van der Waals surface area contributed by atoms with Crippen molar-refractivity contribution in [2.24, 2.45) is 5.92 Å². The predicted molar refractivity (Wildman–Crippen MR) is 118 cm³/mol. The standard InChI is InChI=1S/C22H30N2O5S/c1-15(2)17(4)23-22(25)14-24(18-9-7-16(3)8-10-18)30(26,27)19-11-12-20(28-5)21(13-19)29-6/h7-13,15,17H,14H2,1-6H3,(H,23,25)/t17-/m0/s1. The number of ether oxygens (including phenoxy) is 2. The Balaban J connectivity index is 2.47. The van der Waals surface area contributed by atoms with Crippen LogP contribution in [0.15, 0.2) is 47.4 Å². The zero-order valence-corrected chi connectivity index (χ0v) is 19.1. The lowest BCUT2D eigenvalue weighted by Gasteiger charge is -2.26. The summed E-state index contributed by atoms with van der Waals surface area (Å²) in [7, 11) is -1.12. The van der Waals surface area contributed by atoms with E-state index in [1.54, 1.807) is 24.3 Å². The average molecular weight is 435 g/mol. The van der Waals surface area contributed by atoms with E-state index in [2.05, 4.69) is 5.32 Å². The summed E-state index contributed by atoms with van der Waals surface area (Å²) in [6, 6.07) is 11.3. The molecule has 0 aromatic heterocycles. The summed E-state index contributed by atoms with van der Waals surface area (Å²) in [4.78, 5) is 12.7. The fourth-order valence-electron chi connectivity index (χ4n) is 2.73. The van der Waals surface area contributed by atoms with Gasteiger partial charge < -0.3 is 14.8 Å². The van der Waals surface area contributed by atoms with E-state index in [9.17, 15) is 13.2 Å². The first-order valence-corrected chi connectivity index (χ1v) is 11.1. The smallest absolute Gasteiger partial charge is 0.264 e. The molecule has 0 saturated carbocycles. The SMILES string of the molecule is COc1ccc(S(=O)(=O)N(CC(=O)N[C@@H](C)C(C)C)c2ccc(C)cc2)cc1OC. The third-order valence-electron chi connectivity index (χ3n) is 4.94. The molecule has 0 radical (unpaired) electrons.